The van der Waals surface area contributed by atoms with Crippen molar-refractivity contribution in [2.24, 2.45) is 5.73 Å². The summed E-state index contributed by atoms with van der Waals surface area (Å²) in [4.78, 5) is 47.2. The predicted molar refractivity (Wildman–Crippen MR) is 120 cm³/mol. The first-order valence-corrected chi connectivity index (χ1v) is 10.2. The van der Waals surface area contributed by atoms with Gasteiger partial charge in [-0.3, -0.25) is 14.4 Å². The largest absolute Gasteiger partial charge is 0.469 e. The van der Waals surface area contributed by atoms with Crippen LogP contribution in [0.4, 0.5) is 10.5 Å². The Balaban J connectivity index is 2.94. The number of halogens is 1. The maximum atomic E-state index is 12.8. The van der Waals surface area contributed by atoms with Crippen molar-refractivity contribution in [2.45, 2.75) is 58.1 Å². The molecule has 1 aromatic rings. The highest BCUT2D eigenvalue weighted by Gasteiger charge is 2.25. The smallest absolute Gasteiger partial charge is 0.408 e. The molecule has 9 nitrogen and oxygen atoms in total. The van der Waals surface area contributed by atoms with Crippen LogP contribution >= 0.6 is 11.6 Å². The first kappa shape index (κ1) is 26.8. The molecular formula is C22H28ClN3O6. The second-order valence-corrected chi connectivity index (χ2v) is 8.12. The number of methoxy groups -OCH3 is 1. The van der Waals surface area contributed by atoms with E-state index >= 15 is 0 Å². The van der Waals surface area contributed by atoms with Crippen LogP contribution in [0.25, 0.3) is 0 Å². The molecule has 1 rings (SSSR count). The van der Waals surface area contributed by atoms with Gasteiger partial charge in [0, 0.05) is 18.4 Å². The van der Waals surface area contributed by atoms with Gasteiger partial charge in [0.05, 0.1) is 24.2 Å². The van der Waals surface area contributed by atoms with Crippen LogP contribution in [0.5, 0.6) is 0 Å². The number of rotatable bonds is 8. The maximum absolute atomic E-state index is 12.8. The quantitative estimate of drug-likeness (QED) is 0.398. The molecule has 4 N–H and O–H groups in total. The molecule has 1 aromatic carbocycles. The highest BCUT2D eigenvalue weighted by atomic mass is 35.5. The van der Waals surface area contributed by atoms with Crippen LogP contribution in [0.15, 0.2) is 18.2 Å². The monoisotopic (exact) mass is 465 g/mol. The molecule has 0 heterocycles. The SMILES string of the molecule is COC(=O)CCC#Cc1cccc(NC(=O)C(CCC(N)=O)NC(=O)OC(C)(C)C)c1Cl. The molecule has 0 radical (unpaired) electrons. The van der Waals surface area contributed by atoms with Crippen molar-refractivity contribution >= 4 is 41.2 Å². The third-order valence-corrected chi connectivity index (χ3v) is 4.26. The number of nitrogens with two attached hydrogens (primary N) is 1. The van der Waals surface area contributed by atoms with E-state index in [-0.39, 0.29) is 42.4 Å². The summed E-state index contributed by atoms with van der Waals surface area (Å²) < 4.78 is 9.73. The second-order valence-electron chi connectivity index (χ2n) is 7.74. The van der Waals surface area contributed by atoms with E-state index in [1.165, 1.54) is 7.11 Å². The Kier molecular flexibility index (Phi) is 10.5. The van der Waals surface area contributed by atoms with E-state index < -0.39 is 29.6 Å². The van der Waals surface area contributed by atoms with Crippen molar-refractivity contribution in [1.82, 2.24) is 5.32 Å². The Bertz CT molecular complexity index is 914. The number of esters is 1. The summed E-state index contributed by atoms with van der Waals surface area (Å²) in [5.74, 6) is 4.07. The van der Waals surface area contributed by atoms with E-state index in [9.17, 15) is 19.2 Å². The molecule has 3 amide bonds. The zero-order valence-corrected chi connectivity index (χ0v) is 19.3. The van der Waals surface area contributed by atoms with Crippen LogP contribution in [-0.2, 0) is 23.9 Å². The minimum absolute atomic E-state index is 0.0228. The molecule has 32 heavy (non-hydrogen) atoms. The molecule has 0 saturated heterocycles. The Morgan fingerprint density at radius 2 is 1.88 bits per heavy atom. The fourth-order valence-corrected chi connectivity index (χ4v) is 2.59. The van der Waals surface area contributed by atoms with Gasteiger partial charge in [0.25, 0.3) is 0 Å². The van der Waals surface area contributed by atoms with Gasteiger partial charge in [-0.2, -0.15) is 0 Å². The molecular weight excluding hydrogens is 438 g/mol. The Hall–Kier alpha value is -3.25. The van der Waals surface area contributed by atoms with E-state index in [0.29, 0.717) is 5.56 Å². The molecule has 1 unspecified atom stereocenters. The van der Waals surface area contributed by atoms with E-state index in [1.807, 2.05) is 0 Å². The standard InChI is InChI=1S/C22H28ClN3O6/c1-22(2,3)32-21(30)26-16(12-13-17(24)27)20(29)25-15-10-7-9-14(19(15)23)8-5-6-11-18(28)31-4/h7,9-10,16H,6,11-13H2,1-4H3,(H2,24,27)(H,25,29)(H,26,30). The van der Waals surface area contributed by atoms with Gasteiger partial charge < -0.3 is 25.8 Å². The van der Waals surface area contributed by atoms with Crippen molar-refractivity contribution < 1.29 is 28.7 Å². The minimum Gasteiger partial charge on any atom is -0.469 e. The predicted octanol–water partition coefficient (Wildman–Crippen LogP) is 2.74. The fourth-order valence-electron chi connectivity index (χ4n) is 2.37. The molecule has 174 valence electrons. The van der Waals surface area contributed by atoms with Crippen LogP contribution in [-0.4, -0.2) is 42.6 Å². The van der Waals surface area contributed by atoms with Gasteiger partial charge in [-0.25, -0.2) is 4.79 Å². The molecule has 0 spiro atoms. The molecule has 0 aliphatic carbocycles. The van der Waals surface area contributed by atoms with Crippen molar-refractivity contribution in [3.8, 4) is 11.8 Å². The molecule has 0 aromatic heterocycles. The van der Waals surface area contributed by atoms with Gasteiger partial charge in [-0.15, -0.1) is 0 Å². The van der Waals surface area contributed by atoms with Crippen molar-refractivity contribution in [3.05, 3.63) is 28.8 Å². The number of hydrogen-bond donors (Lipinski definition) is 3. The summed E-state index contributed by atoms with van der Waals surface area (Å²) in [5, 5.41) is 5.26. The highest BCUT2D eigenvalue weighted by molar-refractivity contribution is 6.35. The summed E-state index contributed by atoms with van der Waals surface area (Å²) in [6.07, 6.45) is -0.513. The Morgan fingerprint density at radius 3 is 2.47 bits per heavy atom. The summed E-state index contributed by atoms with van der Waals surface area (Å²) in [6.45, 7) is 5.05. The number of anilines is 1. The number of carbonyl (C=O) groups is 4. The van der Waals surface area contributed by atoms with Crippen LogP contribution in [0.3, 0.4) is 0 Å². The van der Waals surface area contributed by atoms with Gasteiger partial charge in [0.15, 0.2) is 0 Å². The number of alkyl carbamates (subject to hydrolysis) is 1. The summed E-state index contributed by atoms with van der Waals surface area (Å²) in [7, 11) is 1.30. The summed E-state index contributed by atoms with van der Waals surface area (Å²) in [5.41, 5.74) is 5.13. The average molecular weight is 466 g/mol. The normalized spacial score (nSPS) is 11.4. The number of nitrogens with one attached hydrogen (secondary N) is 2. The van der Waals surface area contributed by atoms with Crippen molar-refractivity contribution in [1.29, 1.82) is 0 Å². The molecule has 0 aliphatic heterocycles. The number of ether oxygens (including phenoxy) is 2. The average Bonchev–Trinajstić information content (AvgIpc) is 2.69. The number of amides is 3. The minimum atomic E-state index is -1.08. The topological polar surface area (TPSA) is 137 Å². The van der Waals surface area contributed by atoms with Crippen LogP contribution < -0.4 is 16.4 Å². The van der Waals surface area contributed by atoms with Crippen LogP contribution in [0.2, 0.25) is 5.02 Å². The van der Waals surface area contributed by atoms with E-state index in [0.717, 1.165) is 0 Å². The molecule has 10 heteroatoms. The second kappa shape index (κ2) is 12.6. The summed E-state index contributed by atoms with van der Waals surface area (Å²) >= 11 is 6.35. The number of hydrogen-bond acceptors (Lipinski definition) is 6. The number of primary amides is 1. The Morgan fingerprint density at radius 1 is 1.19 bits per heavy atom. The van der Waals surface area contributed by atoms with E-state index in [1.54, 1.807) is 39.0 Å². The molecule has 0 bridgehead atoms. The fraction of sp³-hybridized carbons (Fsp3) is 0.455. The lowest BCUT2D eigenvalue weighted by Crippen LogP contribution is -2.46. The van der Waals surface area contributed by atoms with Gasteiger partial charge in [-0.05, 0) is 39.3 Å². The zero-order valence-electron chi connectivity index (χ0n) is 18.5. The Labute approximate surface area is 192 Å². The maximum Gasteiger partial charge on any atom is 0.408 e. The molecule has 1 atom stereocenters. The third-order valence-electron chi connectivity index (χ3n) is 3.85. The molecule has 0 aliphatic rings. The summed E-state index contributed by atoms with van der Waals surface area (Å²) in [6, 6.07) is 3.79. The van der Waals surface area contributed by atoms with Crippen molar-refractivity contribution in [3.63, 3.8) is 0 Å². The van der Waals surface area contributed by atoms with Gasteiger partial charge in [0.1, 0.15) is 11.6 Å². The van der Waals surface area contributed by atoms with Crippen LogP contribution in [0, 0.1) is 11.8 Å². The lowest BCUT2D eigenvalue weighted by atomic mass is 10.1. The van der Waals surface area contributed by atoms with Crippen molar-refractivity contribution in [2.75, 3.05) is 12.4 Å². The third kappa shape index (κ3) is 10.2. The zero-order chi connectivity index (χ0) is 24.3. The molecule has 0 fully saturated rings. The first-order chi connectivity index (χ1) is 14.9. The van der Waals surface area contributed by atoms with Crippen LogP contribution in [0.1, 0.15) is 52.0 Å². The first-order valence-electron chi connectivity index (χ1n) is 9.86. The van der Waals surface area contributed by atoms with E-state index in [4.69, 9.17) is 22.1 Å². The van der Waals surface area contributed by atoms with Gasteiger partial charge in [0.2, 0.25) is 11.8 Å². The number of benzene rings is 1. The lowest BCUT2D eigenvalue weighted by molar-refractivity contribution is -0.140. The van der Waals surface area contributed by atoms with Gasteiger partial charge in [-0.1, -0.05) is 29.5 Å². The lowest BCUT2D eigenvalue weighted by Gasteiger charge is -2.23. The highest BCUT2D eigenvalue weighted by Crippen LogP contribution is 2.25. The van der Waals surface area contributed by atoms with E-state index in [2.05, 4.69) is 27.2 Å². The van der Waals surface area contributed by atoms with Gasteiger partial charge >= 0.3 is 12.1 Å². The molecule has 0 saturated carbocycles. The number of carbonyl (C=O) groups excluding carboxylic acids is 4.